The molecular weight excluding hydrogens is 935 g/mol. The molecule has 0 atom stereocenters. The molecule has 0 aliphatic carbocycles. The van der Waals surface area contributed by atoms with Gasteiger partial charge in [-0.05, 0) is 94.6 Å². The van der Waals surface area contributed by atoms with Crippen LogP contribution in [-0.2, 0) is 0 Å². The molecule has 4 aliphatic heterocycles. The Morgan fingerprint density at radius 3 is 1.04 bits per heavy atom. The van der Waals surface area contributed by atoms with Crippen LogP contribution >= 0.6 is 23.5 Å². The molecule has 0 fully saturated rings. The van der Waals surface area contributed by atoms with Crippen LogP contribution in [0.4, 0.5) is 0 Å². The van der Waals surface area contributed by atoms with Crippen molar-refractivity contribution < 1.29 is 0 Å². The highest BCUT2D eigenvalue weighted by molar-refractivity contribution is 8.00. The number of fused-ring (bicyclic) bond motifs is 21. The van der Waals surface area contributed by atoms with Gasteiger partial charge in [-0.1, -0.05) is 180 Å². The van der Waals surface area contributed by atoms with Crippen molar-refractivity contribution in [3.05, 3.63) is 218 Å². The van der Waals surface area contributed by atoms with Gasteiger partial charge < -0.3 is 18.3 Å². The van der Waals surface area contributed by atoms with Crippen molar-refractivity contribution in [2.45, 2.75) is 19.6 Å². The van der Waals surface area contributed by atoms with E-state index >= 15 is 0 Å². The van der Waals surface area contributed by atoms with Crippen LogP contribution in [0.2, 0.25) is 0 Å². The molecule has 0 radical (unpaired) electrons. The smallest absolute Gasteiger partial charge is 0.249 e. The fraction of sp³-hybridized carbons (Fsp3) is 0. The summed E-state index contributed by atoms with van der Waals surface area (Å²) in [5.74, 6) is 0. The van der Waals surface area contributed by atoms with Crippen LogP contribution in [0.5, 0.6) is 0 Å². The Morgan fingerprint density at radius 2 is 0.622 bits per heavy atom. The van der Waals surface area contributed by atoms with Crippen molar-refractivity contribution in [1.29, 1.82) is 0 Å². The van der Waals surface area contributed by atoms with Gasteiger partial charge in [-0.3, -0.25) is 0 Å². The molecule has 0 bridgehead atoms. The number of aromatic nitrogens is 4. The van der Waals surface area contributed by atoms with Crippen molar-refractivity contribution >= 4 is 157 Å². The molecule has 0 saturated carbocycles. The minimum atomic E-state index is 0.0974. The van der Waals surface area contributed by atoms with Crippen molar-refractivity contribution in [3.8, 4) is 22.7 Å². The molecular formula is C66H36B2N4S2. The van der Waals surface area contributed by atoms with Gasteiger partial charge in [0.2, 0.25) is 13.4 Å². The van der Waals surface area contributed by atoms with Crippen LogP contribution < -0.4 is 32.8 Å². The van der Waals surface area contributed by atoms with Gasteiger partial charge in [0.15, 0.2) is 0 Å². The van der Waals surface area contributed by atoms with E-state index in [0.717, 1.165) is 0 Å². The standard InChI is InChI=1S/C66H36B2N4S2/c1-7-25-49-39(15-1)40-16-2-8-26-50(40)69(49)37-33-55-63-59(35-37)73-57-29-11-5-21-45(57)67(63)47-23-13-19-43-61-53(71(55)65(43)47)31-32-54-62(61)44-20-14-24-48-66(44)72(54)56-34-38(36-60-64(56)68(48)46-22-6-12-30-58(46)74-60)70-51-27-9-3-17-41(51)42-18-4-10-28-52(42)70/h1-36H. The number of hydrogen-bond acceptors (Lipinski definition) is 2. The lowest BCUT2D eigenvalue weighted by Gasteiger charge is -2.34. The number of benzene rings is 11. The van der Waals surface area contributed by atoms with Gasteiger partial charge in [0.1, 0.15) is 0 Å². The van der Waals surface area contributed by atoms with Crippen LogP contribution in [-0.4, -0.2) is 31.7 Å². The zero-order chi connectivity index (χ0) is 47.7. The molecule has 0 saturated heterocycles. The van der Waals surface area contributed by atoms with E-state index in [0.29, 0.717) is 0 Å². The molecule has 0 unspecified atom stereocenters. The largest absolute Gasteiger partial charge is 0.310 e. The normalized spacial score (nSPS) is 13.8. The summed E-state index contributed by atoms with van der Waals surface area (Å²) in [6.07, 6.45) is 0. The summed E-state index contributed by atoms with van der Waals surface area (Å²) in [5.41, 5.74) is 23.2. The molecule has 338 valence electrons. The Kier molecular flexibility index (Phi) is 7.25. The molecule has 4 aromatic heterocycles. The first-order valence-corrected chi connectivity index (χ1v) is 27.3. The Morgan fingerprint density at radius 1 is 0.270 bits per heavy atom. The number of hydrogen-bond donors (Lipinski definition) is 0. The first-order valence-electron chi connectivity index (χ1n) is 25.7. The van der Waals surface area contributed by atoms with E-state index in [4.69, 9.17) is 0 Å². The lowest BCUT2D eigenvalue weighted by atomic mass is 9.35. The van der Waals surface area contributed by atoms with Gasteiger partial charge >= 0.3 is 0 Å². The van der Waals surface area contributed by atoms with Crippen LogP contribution in [0.25, 0.3) is 110 Å². The zero-order valence-electron chi connectivity index (χ0n) is 39.5. The van der Waals surface area contributed by atoms with E-state index in [1.807, 2.05) is 23.5 Å². The SMILES string of the molecule is c1ccc2c(c1)Sc1cc(-n3c4ccccc4c4ccccc43)cc3c1B2c1cccc2c4c5c6cccc7c6n(c5ccc4n-3c12)-c1cc(-n2c3ccccc3c3ccccc32)cc2c1B7c1ccccc1S2. The summed E-state index contributed by atoms with van der Waals surface area (Å²) in [4.78, 5) is 5.31. The van der Waals surface area contributed by atoms with Crippen molar-refractivity contribution in [2.75, 3.05) is 0 Å². The quantitative estimate of drug-likeness (QED) is 0.161. The second-order valence-corrected chi connectivity index (χ2v) is 22.8. The summed E-state index contributed by atoms with van der Waals surface area (Å²) in [7, 11) is 0. The van der Waals surface area contributed by atoms with Crippen LogP contribution in [0.3, 0.4) is 0 Å². The van der Waals surface area contributed by atoms with Gasteiger partial charge in [-0.15, -0.1) is 0 Å². The van der Waals surface area contributed by atoms with Crippen molar-refractivity contribution in [3.63, 3.8) is 0 Å². The van der Waals surface area contributed by atoms with Crippen LogP contribution in [0.15, 0.2) is 238 Å². The van der Waals surface area contributed by atoms with E-state index in [9.17, 15) is 0 Å². The van der Waals surface area contributed by atoms with Crippen LogP contribution in [0.1, 0.15) is 0 Å². The predicted octanol–water partition coefficient (Wildman–Crippen LogP) is 12.7. The van der Waals surface area contributed by atoms with E-state index in [1.165, 1.54) is 162 Å². The third-order valence-electron chi connectivity index (χ3n) is 17.2. The molecule has 74 heavy (non-hydrogen) atoms. The average molecular weight is 971 g/mol. The maximum Gasteiger partial charge on any atom is 0.249 e. The Hall–Kier alpha value is -8.55. The van der Waals surface area contributed by atoms with Gasteiger partial charge in [0.05, 0.1) is 33.1 Å². The zero-order valence-corrected chi connectivity index (χ0v) is 41.2. The van der Waals surface area contributed by atoms with Gasteiger partial charge in [-0.25, -0.2) is 0 Å². The molecule has 15 aromatic rings. The summed E-state index contributed by atoms with van der Waals surface area (Å²) >= 11 is 3.86. The Bertz CT molecular complexity index is 4700. The van der Waals surface area contributed by atoms with Gasteiger partial charge in [0.25, 0.3) is 0 Å². The van der Waals surface area contributed by atoms with E-state index in [1.54, 1.807) is 0 Å². The first-order chi connectivity index (χ1) is 36.7. The van der Waals surface area contributed by atoms with E-state index < -0.39 is 0 Å². The average Bonchev–Trinajstić information content (AvgIpc) is 4.28. The predicted molar refractivity (Wildman–Crippen MR) is 314 cm³/mol. The van der Waals surface area contributed by atoms with E-state index in [2.05, 4.69) is 237 Å². The molecule has 19 rings (SSSR count). The Balaban J connectivity index is 0.949. The third kappa shape index (κ3) is 4.66. The lowest BCUT2D eigenvalue weighted by Crippen LogP contribution is -2.58. The van der Waals surface area contributed by atoms with Crippen LogP contribution in [0, 0.1) is 0 Å². The molecule has 4 aliphatic rings. The highest BCUT2D eigenvalue weighted by atomic mass is 32.2. The third-order valence-corrected chi connectivity index (χ3v) is 19.5. The molecule has 0 N–H and O–H groups in total. The fourth-order valence-corrected chi connectivity index (χ4v) is 16.9. The number of para-hydroxylation sites is 6. The van der Waals surface area contributed by atoms with Crippen molar-refractivity contribution in [2.24, 2.45) is 0 Å². The van der Waals surface area contributed by atoms with Gasteiger partial charge in [-0.2, -0.15) is 0 Å². The molecule has 8 heterocycles. The minimum absolute atomic E-state index is 0.0974. The maximum absolute atomic E-state index is 2.66. The maximum atomic E-state index is 2.66. The molecule has 0 amide bonds. The summed E-state index contributed by atoms with van der Waals surface area (Å²) < 4.78 is 10.3. The van der Waals surface area contributed by atoms with Gasteiger partial charge in [0, 0.05) is 96.5 Å². The summed E-state index contributed by atoms with van der Waals surface area (Å²) in [5, 5.41) is 10.3. The molecule has 11 aromatic carbocycles. The monoisotopic (exact) mass is 970 g/mol. The highest BCUT2D eigenvalue weighted by Crippen LogP contribution is 2.47. The molecule has 0 spiro atoms. The Labute approximate surface area is 433 Å². The molecule has 4 nitrogen and oxygen atoms in total. The number of rotatable bonds is 2. The second-order valence-electron chi connectivity index (χ2n) is 20.7. The minimum Gasteiger partial charge on any atom is -0.310 e. The lowest BCUT2D eigenvalue weighted by molar-refractivity contribution is 1.12. The summed E-state index contributed by atoms with van der Waals surface area (Å²) in [6.45, 7) is 0.195. The second kappa shape index (κ2) is 13.7. The van der Waals surface area contributed by atoms with E-state index in [-0.39, 0.29) is 13.4 Å². The highest BCUT2D eigenvalue weighted by Gasteiger charge is 2.43. The number of nitrogens with zero attached hydrogens (tertiary/aromatic N) is 4. The topological polar surface area (TPSA) is 19.7 Å². The fourth-order valence-electron chi connectivity index (χ4n) is 14.5. The molecule has 8 heteroatoms. The summed E-state index contributed by atoms with van der Waals surface area (Å²) in [6, 6.07) is 83.1. The van der Waals surface area contributed by atoms with Crippen molar-refractivity contribution in [1.82, 2.24) is 18.3 Å². The first kappa shape index (κ1) is 39.0.